The molecule has 0 radical (unpaired) electrons. The molecule has 4 heteroatoms. The Kier molecular flexibility index (Phi) is 4.93. The van der Waals surface area contributed by atoms with Crippen molar-refractivity contribution in [1.82, 2.24) is 9.97 Å². The zero-order valence-corrected chi connectivity index (χ0v) is 12.3. The molecule has 1 aromatic carbocycles. The van der Waals surface area contributed by atoms with Gasteiger partial charge in [0.15, 0.2) is 0 Å². The highest BCUT2D eigenvalue weighted by atomic mass is 16.5. The molecule has 4 nitrogen and oxygen atoms in total. The van der Waals surface area contributed by atoms with Crippen LogP contribution in [0.5, 0.6) is 5.88 Å². The standard InChI is InChI=1S/C16H21N3O/c1-4-9-20-16-10-15(18-13(3)19-16)17-11-14-7-5-12(2)6-8-14/h5-8,10H,4,9,11H2,1-3H3,(H,17,18,19). The second-order valence-electron chi connectivity index (χ2n) is 4.83. The van der Waals surface area contributed by atoms with Crippen LogP contribution in [0.2, 0.25) is 0 Å². The van der Waals surface area contributed by atoms with Crippen LogP contribution in [0.25, 0.3) is 0 Å². The third-order valence-electron chi connectivity index (χ3n) is 2.86. The predicted molar refractivity (Wildman–Crippen MR) is 81.1 cm³/mol. The maximum absolute atomic E-state index is 5.55. The molecule has 20 heavy (non-hydrogen) atoms. The molecule has 0 saturated carbocycles. The third-order valence-corrected chi connectivity index (χ3v) is 2.86. The van der Waals surface area contributed by atoms with Crippen molar-refractivity contribution in [2.75, 3.05) is 11.9 Å². The van der Waals surface area contributed by atoms with Gasteiger partial charge in [0.1, 0.15) is 11.6 Å². The molecular weight excluding hydrogens is 250 g/mol. The number of hydrogen-bond donors (Lipinski definition) is 1. The summed E-state index contributed by atoms with van der Waals surface area (Å²) in [4.78, 5) is 8.64. The average molecular weight is 271 g/mol. The number of hydrogen-bond acceptors (Lipinski definition) is 4. The Bertz CT molecular complexity index is 552. The minimum Gasteiger partial charge on any atom is -0.478 e. The fraction of sp³-hybridized carbons (Fsp3) is 0.375. The van der Waals surface area contributed by atoms with Gasteiger partial charge in [-0.05, 0) is 25.8 Å². The summed E-state index contributed by atoms with van der Waals surface area (Å²) in [6, 6.07) is 10.3. The maximum Gasteiger partial charge on any atom is 0.218 e. The highest BCUT2D eigenvalue weighted by Gasteiger charge is 2.02. The van der Waals surface area contributed by atoms with Crippen molar-refractivity contribution in [2.24, 2.45) is 0 Å². The van der Waals surface area contributed by atoms with Gasteiger partial charge in [-0.1, -0.05) is 36.8 Å². The molecular formula is C16H21N3O. The van der Waals surface area contributed by atoms with E-state index in [0.29, 0.717) is 18.3 Å². The van der Waals surface area contributed by atoms with Gasteiger partial charge in [0.05, 0.1) is 6.61 Å². The summed E-state index contributed by atoms with van der Waals surface area (Å²) in [5.41, 5.74) is 2.49. The Morgan fingerprint density at radius 2 is 1.85 bits per heavy atom. The average Bonchev–Trinajstić information content (AvgIpc) is 2.44. The summed E-state index contributed by atoms with van der Waals surface area (Å²) in [5.74, 6) is 2.14. The second kappa shape index (κ2) is 6.89. The summed E-state index contributed by atoms with van der Waals surface area (Å²) in [5, 5.41) is 3.31. The number of rotatable bonds is 6. The van der Waals surface area contributed by atoms with Crippen LogP contribution < -0.4 is 10.1 Å². The quantitative estimate of drug-likeness (QED) is 0.873. The van der Waals surface area contributed by atoms with Crippen LogP contribution in [-0.4, -0.2) is 16.6 Å². The van der Waals surface area contributed by atoms with Crippen LogP contribution in [0, 0.1) is 13.8 Å². The molecule has 0 amide bonds. The van der Waals surface area contributed by atoms with Crippen LogP contribution in [0.15, 0.2) is 30.3 Å². The normalized spacial score (nSPS) is 10.3. The van der Waals surface area contributed by atoms with E-state index in [2.05, 4.69) is 53.4 Å². The van der Waals surface area contributed by atoms with E-state index < -0.39 is 0 Å². The van der Waals surface area contributed by atoms with Crippen LogP contribution in [0.1, 0.15) is 30.3 Å². The lowest BCUT2D eigenvalue weighted by Gasteiger charge is -2.09. The van der Waals surface area contributed by atoms with Crippen molar-refractivity contribution in [1.29, 1.82) is 0 Å². The summed E-state index contributed by atoms with van der Waals surface area (Å²) < 4.78 is 5.55. The van der Waals surface area contributed by atoms with Crippen molar-refractivity contribution in [3.05, 3.63) is 47.3 Å². The van der Waals surface area contributed by atoms with Gasteiger partial charge in [0.25, 0.3) is 0 Å². The SMILES string of the molecule is CCCOc1cc(NCc2ccc(C)cc2)nc(C)n1. The molecule has 0 aliphatic rings. The van der Waals surface area contributed by atoms with E-state index in [1.165, 1.54) is 11.1 Å². The number of anilines is 1. The minimum atomic E-state index is 0.630. The number of nitrogens with zero attached hydrogens (tertiary/aromatic N) is 2. The smallest absolute Gasteiger partial charge is 0.218 e. The van der Waals surface area contributed by atoms with E-state index >= 15 is 0 Å². The van der Waals surface area contributed by atoms with Crippen molar-refractivity contribution in [2.45, 2.75) is 33.7 Å². The Morgan fingerprint density at radius 3 is 2.55 bits per heavy atom. The summed E-state index contributed by atoms with van der Waals surface area (Å²) in [6.45, 7) is 7.45. The second-order valence-corrected chi connectivity index (χ2v) is 4.83. The topological polar surface area (TPSA) is 47.0 Å². The monoisotopic (exact) mass is 271 g/mol. The van der Waals surface area contributed by atoms with Gasteiger partial charge in [-0.25, -0.2) is 4.98 Å². The number of benzene rings is 1. The molecule has 0 fully saturated rings. The van der Waals surface area contributed by atoms with E-state index in [9.17, 15) is 0 Å². The molecule has 106 valence electrons. The Morgan fingerprint density at radius 1 is 1.10 bits per heavy atom. The molecule has 0 aliphatic carbocycles. The minimum absolute atomic E-state index is 0.630. The molecule has 0 saturated heterocycles. The molecule has 0 atom stereocenters. The molecule has 0 aliphatic heterocycles. The highest BCUT2D eigenvalue weighted by molar-refractivity contribution is 5.39. The first-order chi connectivity index (χ1) is 9.67. The van der Waals surface area contributed by atoms with Crippen LogP contribution in [-0.2, 0) is 6.54 Å². The number of nitrogens with one attached hydrogen (secondary N) is 1. The zero-order chi connectivity index (χ0) is 14.4. The number of aromatic nitrogens is 2. The lowest BCUT2D eigenvalue weighted by Crippen LogP contribution is -2.05. The largest absolute Gasteiger partial charge is 0.478 e. The molecule has 2 aromatic rings. The van der Waals surface area contributed by atoms with Crippen LogP contribution in [0.3, 0.4) is 0 Å². The van der Waals surface area contributed by atoms with Crippen molar-refractivity contribution in [3.63, 3.8) is 0 Å². The number of ether oxygens (including phenoxy) is 1. The van der Waals surface area contributed by atoms with E-state index in [0.717, 1.165) is 18.8 Å². The predicted octanol–water partition coefficient (Wildman–Crippen LogP) is 3.49. The number of aryl methyl sites for hydroxylation is 2. The van der Waals surface area contributed by atoms with Gasteiger partial charge >= 0.3 is 0 Å². The molecule has 0 bridgehead atoms. The molecule has 0 unspecified atom stereocenters. The first-order valence-corrected chi connectivity index (χ1v) is 6.95. The van der Waals surface area contributed by atoms with Crippen molar-refractivity contribution < 1.29 is 4.74 Å². The molecule has 1 heterocycles. The first-order valence-electron chi connectivity index (χ1n) is 6.95. The van der Waals surface area contributed by atoms with Crippen molar-refractivity contribution in [3.8, 4) is 5.88 Å². The van der Waals surface area contributed by atoms with Gasteiger partial charge in [-0.15, -0.1) is 0 Å². The zero-order valence-electron chi connectivity index (χ0n) is 12.3. The van der Waals surface area contributed by atoms with Gasteiger partial charge < -0.3 is 10.1 Å². The molecule has 0 spiro atoms. The third kappa shape index (κ3) is 4.23. The van der Waals surface area contributed by atoms with Crippen LogP contribution >= 0.6 is 0 Å². The van der Waals surface area contributed by atoms with E-state index in [1.807, 2.05) is 13.0 Å². The summed E-state index contributed by atoms with van der Waals surface area (Å²) in [7, 11) is 0. The Hall–Kier alpha value is -2.10. The van der Waals surface area contributed by atoms with Gasteiger partial charge in [0.2, 0.25) is 5.88 Å². The summed E-state index contributed by atoms with van der Waals surface area (Å²) in [6.07, 6.45) is 0.967. The lowest BCUT2D eigenvalue weighted by molar-refractivity contribution is 0.304. The Balaban J connectivity index is 2.01. The summed E-state index contributed by atoms with van der Waals surface area (Å²) >= 11 is 0. The lowest BCUT2D eigenvalue weighted by atomic mass is 10.1. The molecule has 2 rings (SSSR count). The van der Waals surface area contributed by atoms with Crippen LogP contribution in [0.4, 0.5) is 5.82 Å². The van der Waals surface area contributed by atoms with E-state index in [1.54, 1.807) is 0 Å². The first kappa shape index (κ1) is 14.3. The van der Waals surface area contributed by atoms with E-state index in [4.69, 9.17) is 4.74 Å². The van der Waals surface area contributed by atoms with E-state index in [-0.39, 0.29) is 0 Å². The van der Waals surface area contributed by atoms with Gasteiger partial charge in [-0.2, -0.15) is 4.98 Å². The Labute approximate surface area is 120 Å². The maximum atomic E-state index is 5.55. The highest BCUT2D eigenvalue weighted by Crippen LogP contribution is 2.14. The van der Waals surface area contributed by atoms with Gasteiger partial charge in [0, 0.05) is 12.6 Å². The fourth-order valence-electron chi connectivity index (χ4n) is 1.81. The molecule has 1 aromatic heterocycles. The molecule has 1 N–H and O–H groups in total. The fourth-order valence-corrected chi connectivity index (χ4v) is 1.81. The van der Waals surface area contributed by atoms with Gasteiger partial charge in [-0.3, -0.25) is 0 Å². The van der Waals surface area contributed by atoms with Crippen molar-refractivity contribution >= 4 is 5.82 Å².